The Bertz CT molecular complexity index is 383. The van der Waals surface area contributed by atoms with Gasteiger partial charge in [-0.2, -0.15) is 0 Å². The van der Waals surface area contributed by atoms with Gasteiger partial charge >= 0.3 is 0 Å². The van der Waals surface area contributed by atoms with Gasteiger partial charge in [0.15, 0.2) is 11.5 Å². The van der Waals surface area contributed by atoms with Crippen molar-refractivity contribution in [3.05, 3.63) is 23.8 Å². The van der Waals surface area contributed by atoms with Crippen molar-refractivity contribution in [3.8, 4) is 11.5 Å². The zero-order valence-electron chi connectivity index (χ0n) is 10.3. The summed E-state index contributed by atoms with van der Waals surface area (Å²) in [7, 11) is 0. The van der Waals surface area contributed by atoms with Crippen LogP contribution in [0, 0.1) is 0 Å². The SMILES string of the molecule is OCC(O)CNCc1ccc2c(c1)OCCCO2. The van der Waals surface area contributed by atoms with Gasteiger partial charge in [0.25, 0.3) is 0 Å². The third kappa shape index (κ3) is 3.60. The van der Waals surface area contributed by atoms with Crippen LogP contribution in [0.25, 0.3) is 0 Å². The summed E-state index contributed by atoms with van der Waals surface area (Å²) in [5.41, 5.74) is 1.06. The van der Waals surface area contributed by atoms with Gasteiger partial charge in [0, 0.05) is 19.5 Å². The third-order valence-electron chi connectivity index (χ3n) is 2.73. The highest BCUT2D eigenvalue weighted by Crippen LogP contribution is 2.30. The molecule has 1 aromatic rings. The van der Waals surface area contributed by atoms with Crippen molar-refractivity contribution in [1.29, 1.82) is 0 Å². The standard InChI is InChI=1S/C13H19NO4/c15-9-11(16)8-14-7-10-2-3-12-13(6-10)18-5-1-4-17-12/h2-3,6,11,14-16H,1,4-5,7-9H2. The summed E-state index contributed by atoms with van der Waals surface area (Å²) in [6.07, 6.45) is 0.177. The molecule has 0 aromatic heterocycles. The van der Waals surface area contributed by atoms with E-state index in [-0.39, 0.29) is 6.61 Å². The van der Waals surface area contributed by atoms with E-state index in [0.29, 0.717) is 26.3 Å². The van der Waals surface area contributed by atoms with Crippen LogP contribution in [-0.4, -0.2) is 42.7 Å². The van der Waals surface area contributed by atoms with Gasteiger partial charge in [-0.1, -0.05) is 6.07 Å². The van der Waals surface area contributed by atoms with Gasteiger partial charge in [-0.15, -0.1) is 0 Å². The molecule has 100 valence electrons. The normalized spacial score (nSPS) is 16.1. The first-order valence-electron chi connectivity index (χ1n) is 6.18. The molecule has 3 N–H and O–H groups in total. The quantitative estimate of drug-likeness (QED) is 0.703. The molecular formula is C13H19NO4. The number of ether oxygens (including phenoxy) is 2. The second kappa shape index (κ2) is 6.58. The van der Waals surface area contributed by atoms with Crippen LogP contribution in [0.4, 0.5) is 0 Å². The molecule has 0 spiro atoms. The number of nitrogens with one attached hydrogen (secondary N) is 1. The highest BCUT2D eigenvalue weighted by atomic mass is 16.5. The second-order valence-corrected chi connectivity index (χ2v) is 4.30. The summed E-state index contributed by atoms with van der Waals surface area (Å²) in [6, 6.07) is 5.81. The molecule has 0 saturated carbocycles. The van der Waals surface area contributed by atoms with Gasteiger partial charge in [-0.05, 0) is 17.7 Å². The van der Waals surface area contributed by atoms with E-state index in [0.717, 1.165) is 23.5 Å². The third-order valence-corrected chi connectivity index (χ3v) is 2.73. The van der Waals surface area contributed by atoms with Gasteiger partial charge in [0.1, 0.15) is 0 Å². The Kier molecular flexibility index (Phi) is 4.81. The molecule has 1 aliphatic rings. The zero-order chi connectivity index (χ0) is 12.8. The van der Waals surface area contributed by atoms with Gasteiger partial charge < -0.3 is 25.0 Å². The van der Waals surface area contributed by atoms with Gasteiger partial charge in [-0.25, -0.2) is 0 Å². The maximum absolute atomic E-state index is 9.21. The Morgan fingerprint density at radius 2 is 2.00 bits per heavy atom. The van der Waals surface area contributed by atoms with Crippen LogP contribution in [0.1, 0.15) is 12.0 Å². The Hall–Kier alpha value is -1.30. The molecular weight excluding hydrogens is 234 g/mol. The fourth-order valence-corrected chi connectivity index (χ4v) is 1.77. The minimum absolute atomic E-state index is 0.228. The number of benzene rings is 1. The van der Waals surface area contributed by atoms with Crippen LogP contribution >= 0.6 is 0 Å². The van der Waals surface area contributed by atoms with Crippen molar-refractivity contribution in [2.45, 2.75) is 19.1 Å². The highest BCUT2D eigenvalue weighted by molar-refractivity contribution is 5.43. The van der Waals surface area contributed by atoms with E-state index < -0.39 is 6.10 Å². The Morgan fingerprint density at radius 3 is 2.78 bits per heavy atom. The average molecular weight is 253 g/mol. The molecule has 1 atom stereocenters. The highest BCUT2D eigenvalue weighted by Gasteiger charge is 2.10. The van der Waals surface area contributed by atoms with Gasteiger partial charge in [0.05, 0.1) is 25.9 Å². The first-order chi connectivity index (χ1) is 8.79. The lowest BCUT2D eigenvalue weighted by Crippen LogP contribution is -2.28. The number of fused-ring (bicyclic) bond motifs is 1. The molecule has 5 heteroatoms. The van der Waals surface area contributed by atoms with E-state index >= 15 is 0 Å². The predicted molar refractivity (Wildman–Crippen MR) is 66.8 cm³/mol. The Morgan fingerprint density at radius 1 is 1.22 bits per heavy atom. The summed E-state index contributed by atoms with van der Waals surface area (Å²) in [4.78, 5) is 0. The average Bonchev–Trinajstić information content (AvgIpc) is 2.63. The number of aliphatic hydroxyl groups is 2. The van der Waals surface area contributed by atoms with Crippen molar-refractivity contribution in [1.82, 2.24) is 5.32 Å². The maximum Gasteiger partial charge on any atom is 0.161 e. The smallest absolute Gasteiger partial charge is 0.161 e. The molecule has 18 heavy (non-hydrogen) atoms. The molecule has 2 rings (SSSR count). The molecule has 0 bridgehead atoms. The lowest BCUT2D eigenvalue weighted by molar-refractivity contribution is 0.0942. The van der Waals surface area contributed by atoms with E-state index in [1.165, 1.54) is 0 Å². The summed E-state index contributed by atoms with van der Waals surface area (Å²) < 4.78 is 11.1. The van der Waals surface area contributed by atoms with Crippen LogP contribution in [-0.2, 0) is 6.54 Å². The molecule has 1 unspecified atom stereocenters. The van der Waals surface area contributed by atoms with Crippen LogP contribution in [0.3, 0.4) is 0 Å². The topological polar surface area (TPSA) is 71.0 Å². The second-order valence-electron chi connectivity index (χ2n) is 4.30. The van der Waals surface area contributed by atoms with Gasteiger partial charge in [-0.3, -0.25) is 0 Å². The summed E-state index contributed by atoms with van der Waals surface area (Å²) in [5.74, 6) is 1.56. The largest absolute Gasteiger partial charge is 0.490 e. The van der Waals surface area contributed by atoms with Crippen LogP contribution in [0.2, 0.25) is 0 Å². The molecule has 1 aliphatic heterocycles. The molecule has 0 radical (unpaired) electrons. The summed E-state index contributed by atoms with van der Waals surface area (Å²) >= 11 is 0. The number of hydrogen-bond donors (Lipinski definition) is 3. The minimum Gasteiger partial charge on any atom is -0.490 e. The molecule has 0 fully saturated rings. The number of rotatable bonds is 5. The Labute approximate surface area is 106 Å². The molecule has 0 saturated heterocycles. The maximum atomic E-state index is 9.21. The molecule has 0 amide bonds. The molecule has 5 nitrogen and oxygen atoms in total. The molecule has 1 heterocycles. The lowest BCUT2D eigenvalue weighted by Gasteiger charge is -2.11. The van der Waals surface area contributed by atoms with Crippen molar-refractivity contribution in [2.75, 3.05) is 26.4 Å². The predicted octanol–water partition coefficient (Wildman–Crippen LogP) is 0.291. The summed E-state index contributed by atoms with van der Waals surface area (Å²) in [5, 5.41) is 21.0. The van der Waals surface area contributed by atoms with E-state index in [4.69, 9.17) is 14.6 Å². The summed E-state index contributed by atoms with van der Waals surface area (Å²) in [6.45, 7) is 2.12. The van der Waals surface area contributed by atoms with E-state index in [9.17, 15) is 5.11 Å². The van der Waals surface area contributed by atoms with Crippen molar-refractivity contribution < 1.29 is 19.7 Å². The first kappa shape index (κ1) is 13.1. The van der Waals surface area contributed by atoms with E-state index in [2.05, 4.69) is 5.32 Å². The van der Waals surface area contributed by atoms with Gasteiger partial charge in [0.2, 0.25) is 0 Å². The van der Waals surface area contributed by atoms with E-state index in [1.54, 1.807) is 0 Å². The van der Waals surface area contributed by atoms with Crippen LogP contribution in [0.5, 0.6) is 11.5 Å². The Balaban J connectivity index is 1.91. The zero-order valence-corrected chi connectivity index (χ0v) is 10.3. The molecule has 1 aromatic carbocycles. The number of aliphatic hydroxyl groups excluding tert-OH is 2. The van der Waals surface area contributed by atoms with E-state index in [1.807, 2.05) is 18.2 Å². The van der Waals surface area contributed by atoms with Crippen molar-refractivity contribution in [3.63, 3.8) is 0 Å². The lowest BCUT2D eigenvalue weighted by atomic mass is 10.2. The van der Waals surface area contributed by atoms with Crippen LogP contribution in [0.15, 0.2) is 18.2 Å². The van der Waals surface area contributed by atoms with Crippen molar-refractivity contribution in [2.24, 2.45) is 0 Å². The molecule has 0 aliphatic carbocycles. The minimum atomic E-state index is -0.717. The van der Waals surface area contributed by atoms with Crippen LogP contribution < -0.4 is 14.8 Å². The fourth-order valence-electron chi connectivity index (χ4n) is 1.77. The van der Waals surface area contributed by atoms with Crippen molar-refractivity contribution >= 4 is 0 Å². The fraction of sp³-hybridized carbons (Fsp3) is 0.538. The number of hydrogen-bond acceptors (Lipinski definition) is 5. The monoisotopic (exact) mass is 253 g/mol. The first-order valence-corrected chi connectivity index (χ1v) is 6.18.